The number of anilines is 1. The summed E-state index contributed by atoms with van der Waals surface area (Å²) in [6, 6.07) is 17.7. The quantitative estimate of drug-likeness (QED) is 0.311. The number of carbonyl (C=O) groups is 2. The maximum absolute atomic E-state index is 12.4. The van der Waals surface area contributed by atoms with Gasteiger partial charge in [0.2, 0.25) is 5.91 Å². The number of hydrogen-bond acceptors (Lipinski definition) is 8. The number of thioether (sulfide) groups is 1. The molecule has 10 heteroatoms. The van der Waals surface area contributed by atoms with Crippen molar-refractivity contribution in [3.63, 3.8) is 0 Å². The Balaban J connectivity index is 1.42. The Kier molecular flexibility index (Phi) is 6.84. The number of carbonyl (C=O) groups excluding carboxylic acids is 2. The highest BCUT2D eigenvalue weighted by Crippen LogP contribution is 2.23. The number of fused-ring (bicyclic) bond motifs is 1. The van der Waals surface area contributed by atoms with E-state index in [-0.39, 0.29) is 11.7 Å². The van der Waals surface area contributed by atoms with Crippen LogP contribution in [0, 0.1) is 0 Å². The van der Waals surface area contributed by atoms with Gasteiger partial charge in [-0.15, -0.1) is 10.2 Å². The van der Waals surface area contributed by atoms with Crippen LogP contribution in [0.5, 0.6) is 5.75 Å². The van der Waals surface area contributed by atoms with Crippen molar-refractivity contribution in [3.05, 3.63) is 66.2 Å². The van der Waals surface area contributed by atoms with Crippen LogP contribution in [0.25, 0.3) is 17.0 Å². The molecule has 0 saturated carbocycles. The van der Waals surface area contributed by atoms with Gasteiger partial charge in [-0.1, -0.05) is 11.8 Å². The van der Waals surface area contributed by atoms with Crippen molar-refractivity contribution in [2.24, 2.45) is 0 Å². The predicted octanol–water partition coefficient (Wildman–Crippen LogP) is 3.71. The predicted molar refractivity (Wildman–Crippen MR) is 125 cm³/mol. The van der Waals surface area contributed by atoms with E-state index in [1.807, 2.05) is 37.3 Å². The summed E-state index contributed by atoms with van der Waals surface area (Å²) in [5.74, 6) is 0.931. The summed E-state index contributed by atoms with van der Waals surface area (Å²) in [4.78, 5) is 23.9. The number of hydrogen-bond donors (Lipinski definition) is 1. The molecular weight excluding hydrogens is 442 g/mol. The minimum Gasteiger partial charge on any atom is -0.494 e. The van der Waals surface area contributed by atoms with Gasteiger partial charge >= 0.3 is 5.97 Å². The number of benzene rings is 2. The van der Waals surface area contributed by atoms with E-state index in [0.29, 0.717) is 34.4 Å². The van der Waals surface area contributed by atoms with E-state index < -0.39 is 5.97 Å². The zero-order valence-electron chi connectivity index (χ0n) is 18.0. The molecule has 1 amide bonds. The largest absolute Gasteiger partial charge is 0.494 e. The molecule has 0 aliphatic rings. The molecule has 0 unspecified atom stereocenters. The molecule has 0 saturated heterocycles. The molecule has 0 fully saturated rings. The lowest BCUT2D eigenvalue weighted by Gasteiger charge is -2.07. The highest BCUT2D eigenvalue weighted by molar-refractivity contribution is 7.99. The van der Waals surface area contributed by atoms with E-state index in [0.717, 1.165) is 11.3 Å². The highest BCUT2D eigenvalue weighted by atomic mass is 32.2. The number of esters is 1. The fraction of sp³-hybridized carbons (Fsp3) is 0.174. The number of ether oxygens (including phenoxy) is 2. The third-order valence-corrected chi connectivity index (χ3v) is 5.52. The number of nitrogens with zero attached hydrogens (tertiary/aromatic N) is 4. The van der Waals surface area contributed by atoms with Crippen LogP contribution in [0.4, 0.5) is 5.69 Å². The Hall–Kier alpha value is -3.92. The van der Waals surface area contributed by atoms with Gasteiger partial charge in [-0.3, -0.25) is 4.79 Å². The molecule has 0 aliphatic carbocycles. The number of amides is 1. The second kappa shape index (κ2) is 10.1. The van der Waals surface area contributed by atoms with Gasteiger partial charge in [0, 0.05) is 11.3 Å². The third kappa shape index (κ3) is 5.29. The van der Waals surface area contributed by atoms with Crippen molar-refractivity contribution in [2.45, 2.75) is 11.9 Å². The van der Waals surface area contributed by atoms with E-state index in [1.54, 1.807) is 34.8 Å². The molecule has 9 nitrogen and oxygen atoms in total. The standard InChI is InChI=1S/C23H21N5O4S/c1-3-32-18-10-6-15(7-11-18)22-26-25-19-12-13-21(27-28(19)22)33-14-20(29)24-17-8-4-16(5-9-17)23(30)31-2/h4-13H,3,14H2,1-2H3,(H,24,29). The van der Waals surface area contributed by atoms with Gasteiger partial charge in [0.15, 0.2) is 11.5 Å². The van der Waals surface area contributed by atoms with Gasteiger partial charge in [0.1, 0.15) is 10.8 Å². The lowest BCUT2D eigenvalue weighted by Crippen LogP contribution is -2.14. The molecule has 0 aliphatic heterocycles. The van der Waals surface area contributed by atoms with Gasteiger partial charge in [0.05, 0.1) is 25.0 Å². The summed E-state index contributed by atoms with van der Waals surface area (Å²) in [6.45, 7) is 2.53. The van der Waals surface area contributed by atoms with Gasteiger partial charge in [-0.25, -0.2) is 4.79 Å². The second-order valence-electron chi connectivity index (χ2n) is 6.83. The van der Waals surface area contributed by atoms with Gasteiger partial charge in [-0.2, -0.15) is 9.61 Å². The Morgan fingerprint density at radius 1 is 1.00 bits per heavy atom. The molecule has 0 bridgehead atoms. The summed E-state index contributed by atoms with van der Waals surface area (Å²) >= 11 is 1.30. The lowest BCUT2D eigenvalue weighted by atomic mass is 10.2. The topological polar surface area (TPSA) is 108 Å². The first kappa shape index (κ1) is 22.3. The van der Waals surface area contributed by atoms with E-state index in [4.69, 9.17) is 4.74 Å². The van der Waals surface area contributed by atoms with Crippen molar-refractivity contribution in [1.82, 2.24) is 19.8 Å². The fourth-order valence-corrected chi connectivity index (χ4v) is 3.69. The maximum atomic E-state index is 12.4. The van der Waals surface area contributed by atoms with Crippen LogP contribution in [-0.2, 0) is 9.53 Å². The number of aromatic nitrogens is 4. The average Bonchev–Trinajstić information content (AvgIpc) is 3.27. The lowest BCUT2D eigenvalue weighted by molar-refractivity contribution is -0.113. The van der Waals surface area contributed by atoms with E-state index in [2.05, 4.69) is 25.3 Å². The minimum atomic E-state index is -0.427. The van der Waals surface area contributed by atoms with Crippen LogP contribution in [0.2, 0.25) is 0 Å². The molecule has 168 valence electrons. The highest BCUT2D eigenvalue weighted by Gasteiger charge is 2.12. The Labute approximate surface area is 194 Å². The molecule has 2 aromatic carbocycles. The Morgan fingerprint density at radius 2 is 1.76 bits per heavy atom. The summed E-state index contributed by atoms with van der Waals surface area (Å²) < 4.78 is 11.8. The SMILES string of the molecule is CCOc1ccc(-c2nnc3ccc(SCC(=O)Nc4ccc(C(=O)OC)cc4)nn23)cc1. The van der Waals surface area contributed by atoms with E-state index in [9.17, 15) is 9.59 Å². The summed E-state index contributed by atoms with van der Waals surface area (Å²) in [5, 5.41) is 16.5. The fourth-order valence-electron chi connectivity index (χ4n) is 3.04. The molecule has 1 N–H and O–H groups in total. The summed E-state index contributed by atoms with van der Waals surface area (Å²) in [5.41, 5.74) is 2.47. The van der Waals surface area contributed by atoms with E-state index in [1.165, 1.54) is 18.9 Å². The van der Waals surface area contributed by atoms with Crippen LogP contribution < -0.4 is 10.1 Å². The van der Waals surface area contributed by atoms with Gasteiger partial charge < -0.3 is 14.8 Å². The number of nitrogens with one attached hydrogen (secondary N) is 1. The zero-order valence-corrected chi connectivity index (χ0v) is 18.8. The first-order valence-electron chi connectivity index (χ1n) is 10.1. The van der Waals surface area contributed by atoms with Crippen LogP contribution in [-0.4, -0.2) is 51.2 Å². The van der Waals surface area contributed by atoms with Crippen molar-refractivity contribution in [2.75, 3.05) is 24.8 Å². The van der Waals surface area contributed by atoms with Crippen molar-refractivity contribution in [3.8, 4) is 17.1 Å². The van der Waals surface area contributed by atoms with E-state index >= 15 is 0 Å². The molecular formula is C23H21N5O4S. The smallest absolute Gasteiger partial charge is 0.337 e. The molecule has 2 heterocycles. The summed E-state index contributed by atoms with van der Waals surface area (Å²) in [6.07, 6.45) is 0. The maximum Gasteiger partial charge on any atom is 0.337 e. The second-order valence-corrected chi connectivity index (χ2v) is 7.82. The van der Waals surface area contributed by atoms with Crippen LogP contribution >= 0.6 is 11.8 Å². The monoisotopic (exact) mass is 463 g/mol. The molecule has 0 radical (unpaired) electrons. The van der Waals surface area contributed by atoms with Crippen LogP contribution in [0.1, 0.15) is 17.3 Å². The molecule has 4 rings (SSSR count). The molecule has 0 spiro atoms. The minimum absolute atomic E-state index is 0.164. The average molecular weight is 464 g/mol. The van der Waals surface area contributed by atoms with Gasteiger partial charge in [-0.05, 0) is 67.6 Å². The first-order valence-corrected chi connectivity index (χ1v) is 11.1. The van der Waals surface area contributed by atoms with Crippen molar-refractivity contribution < 1.29 is 19.1 Å². The normalized spacial score (nSPS) is 10.7. The van der Waals surface area contributed by atoms with Crippen molar-refractivity contribution >= 4 is 35.0 Å². The van der Waals surface area contributed by atoms with Crippen LogP contribution in [0.15, 0.2) is 65.7 Å². The molecule has 33 heavy (non-hydrogen) atoms. The first-order chi connectivity index (χ1) is 16.1. The zero-order chi connectivity index (χ0) is 23.2. The van der Waals surface area contributed by atoms with Crippen LogP contribution in [0.3, 0.4) is 0 Å². The number of methoxy groups -OCH3 is 1. The summed E-state index contributed by atoms with van der Waals surface area (Å²) in [7, 11) is 1.32. The van der Waals surface area contributed by atoms with Crippen molar-refractivity contribution in [1.29, 1.82) is 0 Å². The molecule has 0 atom stereocenters. The third-order valence-electron chi connectivity index (χ3n) is 4.60. The molecule has 2 aromatic heterocycles. The Morgan fingerprint density at radius 3 is 2.45 bits per heavy atom. The number of rotatable bonds is 8. The van der Waals surface area contributed by atoms with Gasteiger partial charge in [0.25, 0.3) is 0 Å². The Bertz CT molecular complexity index is 1270. The molecule has 4 aromatic rings.